The van der Waals surface area contributed by atoms with Crippen LogP contribution in [0.3, 0.4) is 0 Å². The molecule has 0 spiro atoms. The van der Waals surface area contributed by atoms with E-state index in [1.807, 2.05) is 6.92 Å². The molecule has 0 bridgehead atoms. The number of aliphatic hydroxyl groups is 1. The van der Waals surface area contributed by atoms with Gasteiger partial charge in [-0.15, -0.1) is 6.42 Å². The summed E-state index contributed by atoms with van der Waals surface area (Å²) in [6.45, 7) is 2.31. The molecule has 0 aliphatic heterocycles. The summed E-state index contributed by atoms with van der Waals surface area (Å²) in [5.74, 6) is 2.54. The molecule has 0 saturated heterocycles. The van der Waals surface area contributed by atoms with Crippen molar-refractivity contribution in [2.24, 2.45) is 0 Å². The van der Waals surface area contributed by atoms with E-state index in [1.165, 1.54) is 0 Å². The molecule has 2 unspecified atom stereocenters. The molecule has 0 heterocycles. The van der Waals surface area contributed by atoms with Gasteiger partial charge >= 0.3 is 0 Å². The Kier molecular flexibility index (Phi) is 4.64. The van der Waals surface area contributed by atoms with E-state index in [1.54, 1.807) is 24.3 Å². The number of hydrogen-bond donors (Lipinski definition) is 2. The van der Waals surface area contributed by atoms with E-state index in [4.69, 9.17) is 18.0 Å². The fourth-order valence-corrected chi connectivity index (χ4v) is 1.28. The molecule has 2 nitrogen and oxygen atoms in total. The standard InChI is InChI=1S/C12H14ClNO/c1-3-9(2)14-8-12(15)10-4-6-11(13)7-5-10/h1,4-7,9,12,14-15H,8H2,2H3. The van der Waals surface area contributed by atoms with Crippen molar-refractivity contribution in [3.63, 3.8) is 0 Å². The van der Waals surface area contributed by atoms with Crippen LogP contribution in [0.15, 0.2) is 24.3 Å². The molecule has 15 heavy (non-hydrogen) atoms. The monoisotopic (exact) mass is 223 g/mol. The minimum atomic E-state index is -0.557. The quantitative estimate of drug-likeness (QED) is 0.766. The zero-order chi connectivity index (χ0) is 11.3. The van der Waals surface area contributed by atoms with Gasteiger partial charge in [-0.3, -0.25) is 0 Å². The lowest BCUT2D eigenvalue weighted by molar-refractivity contribution is 0.173. The number of nitrogens with one attached hydrogen (secondary N) is 1. The van der Waals surface area contributed by atoms with Gasteiger partial charge in [-0.25, -0.2) is 0 Å². The highest BCUT2D eigenvalue weighted by atomic mass is 35.5. The smallest absolute Gasteiger partial charge is 0.0914 e. The van der Waals surface area contributed by atoms with Gasteiger partial charge in [0, 0.05) is 11.6 Å². The lowest BCUT2D eigenvalue weighted by Crippen LogP contribution is -2.29. The Morgan fingerprint density at radius 2 is 2.07 bits per heavy atom. The molecule has 0 saturated carbocycles. The minimum absolute atomic E-state index is 0.0352. The number of hydrogen-bond acceptors (Lipinski definition) is 2. The van der Waals surface area contributed by atoms with Crippen LogP contribution < -0.4 is 5.32 Å². The van der Waals surface area contributed by atoms with Crippen LogP contribution in [-0.4, -0.2) is 17.7 Å². The Balaban J connectivity index is 2.51. The molecule has 0 radical (unpaired) electrons. The maximum atomic E-state index is 9.78. The van der Waals surface area contributed by atoms with E-state index < -0.39 is 6.10 Å². The molecule has 2 N–H and O–H groups in total. The summed E-state index contributed by atoms with van der Waals surface area (Å²) in [7, 11) is 0. The van der Waals surface area contributed by atoms with Crippen LogP contribution >= 0.6 is 11.6 Å². The molecule has 1 rings (SSSR count). The molecule has 2 atom stereocenters. The van der Waals surface area contributed by atoms with Gasteiger partial charge in [0.1, 0.15) is 0 Å². The van der Waals surface area contributed by atoms with Crippen molar-refractivity contribution in [1.82, 2.24) is 5.32 Å². The van der Waals surface area contributed by atoms with E-state index in [2.05, 4.69) is 11.2 Å². The van der Waals surface area contributed by atoms with Gasteiger partial charge in [0.05, 0.1) is 12.1 Å². The van der Waals surface area contributed by atoms with Crippen LogP contribution in [0.25, 0.3) is 0 Å². The van der Waals surface area contributed by atoms with Crippen LogP contribution in [0.5, 0.6) is 0 Å². The Morgan fingerprint density at radius 1 is 1.47 bits per heavy atom. The van der Waals surface area contributed by atoms with Gasteiger partial charge in [0.15, 0.2) is 0 Å². The first kappa shape index (κ1) is 12.1. The highest BCUT2D eigenvalue weighted by Crippen LogP contribution is 2.15. The number of aliphatic hydroxyl groups excluding tert-OH is 1. The zero-order valence-electron chi connectivity index (χ0n) is 8.57. The molecule has 1 aromatic carbocycles. The summed E-state index contributed by atoms with van der Waals surface area (Å²) >= 11 is 5.74. The predicted molar refractivity (Wildman–Crippen MR) is 62.7 cm³/mol. The summed E-state index contributed by atoms with van der Waals surface area (Å²) in [6, 6.07) is 7.08. The molecule has 1 aromatic rings. The van der Waals surface area contributed by atoms with E-state index in [0.717, 1.165) is 5.56 Å². The first-order valence-electron chi connectivity index (χ1n) is 4.76. The Labute approximate surface area is 95.3 Å². The largest absolute Gasteiger partial charge is 0.387 e. The zero-order valence-corrected chi connectivity index (χ0v) is 9.33. The van der Waals surface area contributed by atoms with E-state index in [9.17, 15) is 5.11 Å². The molecule has 0 amide bonds. The third-order valence-electron chi connectivity index (χ3n) is 2.12. The first-order chi connectivity index (χ1) is 7.13. The van der Waals surface area contributed by atoms with Gasteiger partial charge in [0.2, 0.25) is 0 Å². The maximum absolute atomic E-state index is 9.78. The van der Waals surface area contributed by atoms with Gasteiger partial charge in [-0.05, 0) is 24.6 Å². The molecule has 0 fully saturated rings. The van der Waals surface area contributed by atoms with Gasteiger partial charge in [0.25, 0.3) is 0 Å². The van der Waals surface area contributed by atoms with E-state index in [-0.39, 0.29) is 6.04 Å². The number of benzene rings is 1. The highest BCUT2D eigenvalue weighted by molar-refractivity contribution is 6.30. The Hall–Kier alpha value is -1.01. The normalized spacial score (nSPS) is 14.3. The molecule has 0 aliphatic carbocycles. The summed E-state index contributed by atoms with van der Waals surface area (Å²) in [5.41, 5.74) is 0.830. The van der Waals surface area contributed by atoms with Crippen molar-refractivity contribution >= 4 is 11.6 Å². The summed E-state index contributed by atoms with van der Waals surface area (Å²) in [6.07, 6.45) is 4.65. The van der Waals surface area contributed by atoms with Crippen molar-refractivity contribution in [3.8, 4) is 12.3 Å². The molecule has 0 aliphatic rings. The van der Waals surface area contributed by atoms with Crippen LogP contribution in [0.1, 0.15) is 18.6 Å². The number of terminal acetylenes is 1. The van der Waals surface area contributed by atoms with Crippen LogP contribution in [0.2, 0.25) is 5.02 Å². The molecule has 0 aromatic heterocycles. The van der Waals surface area contributed by atoms with Crippen molar-refractivity contribution in [2.45, 2.75) is 19.1 Å². The van der Waals surface area contributed by atoms with Crippen molar-refractivity contribution < 1.29 is 5.11 Å². The molecule has 80 valence electrons. The van der Waals surface area contributed by atoms with Gasteiger partial charge in [-0.1, -0.05) is 29.7 Å². The third-order valence-corrected chi connectivity index (χ3v) is 2.37. The topological polar surface area (TPSA) is 32.3 Å². The Morgan fingerprint density at radius 3 is 2.60 bits per heavy atom. The van der Waals surface area contributed by atoms with Crippen LogP contribution in [-0.2, 0) is 0 Å². The average molecular weight is 224 g/mol. The molecular formula is C12H14ClNO. The summed E-state index contributed by atoms with van der Waals surface area (Å²) in [4.78, 5) is 0. The number of halogens is 1. The minimum Gasteiger partial charge on any atom is -0.387 e. The van der Waals surface area contributed by atoms with Gasteiger partial charge in [-0.2, -0.15) is 0 Å². The second kappa shape index (κ2) is 5.77. The lowest BCUT2D eigenvalue weighted by atomic mass is 10.1. The maximum Gasteiger partial charge on any atom is 0.0914 e. The lowest BCUT2D eigenvalue weighted by Gasteiger charge is -2.13. The molecular weight excluding hydrogens is 210 g/mol. The Bertz CT molecular complexity index is 342. The third kappa shape index (κ3) is 3.93. The number of rotatable bonds is 4. The van der Waals surface area contributed by atoms with E-state index in [0.29, 0.717) is 11.6 Å². The summed E-state index contributed by atoms with van der Waals surface area (Å²) in [5, 5.41) is 13.5. The summed E-state index contributed by atoms with van der Waals surface area (Å²) < 4.78 is 0. The van der Waals surface area contributed by atoms with Crippen molar-refractivity contribution in [1.29, 1.82) is 0 Å². The first-order valence-corrected chi connectivity index (χ1v) is 5.14. The van der Waals surface area contributed by atoms with Crippen molar-refractivity contribution in [3.05, 3.63) is 34.9 Å². The van der Waals surface area contributed by atoms with Crippen LogP contribution in [0.4, 0.5) is 0 Å². The second-order valence-corrected chi connectivity index (χ2v) is 3.80. The van der Waals surface area contributed by atoms with Crippen molar-refractivity contribution in [2.75, 3.05) is 6.54 Å². The molecule has 3 heteroatoms. The van der Waals surface area contributed by atoms with Gasteiger partial charge < -0.3 is 10.4 Å². The second-order valence-electron chi connectivity index (χ2n) is 3.36. The predicted octanol–water partition coefficient (Wildman–Crippen LogP) is 1.98. The average Bonchev–Trinajstić information content (AvgIpc) is 2.26. The van der Waals surface area contributed by atoms with Crippen LogP contribution in [0, 0.1) is 12.3 Å². The fourth-order valence-electron chi connectivity index (χ4n) is 1.15. The SMILES string of the molecule is C#CC(C)NCC(O)c1ccc(Cl)cc1. The highest BCUT2D eigenvalue weighted by Gasteiger charge is 2.07. The fraction of sp³-hybridized carbons (Fsp3) is 0.333. The van der Waals surface area contributed by atoms with E-state index >= 15 is 0 Å².